The van der Waals surface area contributed by atoms with Crippen LogP contribution in [0.3, 0.4) is 0 Å². The Labute approximate surface area is 99.3 Å². The molecular formula is C10H17NO6. The molecule has 0 saturated carbocycles. The molecule has 0 radical (unpaired) electrons. The summed E-state index contributed by atoms with van der Waals surface area (Å²) < 4.78 is 14.4. The van der Waals surface area contributed by atoms with Crippen LogP contribution in [0.2, 0.25) is 0 Å². The second kappa shape index (κ2) is 5.95. The van der Waals surface area contributed by atoms with Gasteiger partial charge in [0.1, 0.15) is 6.61 Å². The number of rotatable bonds is 5. The minimum absolute atomic E-state index is 0.411. The molecule has 0 aliphatic carbocycles. The van der Waals surface area contributed by atoms with Gasteiger partial charge in [0, 0.05) is 14.2 Å². The summed E-state index contributed by atoms with van der Waals surface area (Å²) in [6, 6.07) is 0. The van der Waals surface area contributed by atoms with Gasteiger partial charge >= 0.3 is 5.97 Å². The van der Waals surface area contributed by atoms with Crippen molar-refractivity contribution < 1.29 is 28.9 Å². The fourth-order valence-corrected chi connectivity index (χ4v) is 1.64. The molecule has 0 saturated heterocycles. The van der Waals surface area contributed by atoms with Gasteiger partial charge in [-0.05, 0) is 12.8 Å². The number of oxime groups is 1. The molecule has 0 amide bonds. The number of hydrogen-bond donors (Lipinski definition) is 1. The van der Waals surface area contributed by atoms with Gasteiger partial charge in [0.2, 0.25) is 0 Å². The molecule has 98 valence electrons. The highest BCUT2D eigenvalue weighted by Crippen LogP contribution is 2.22. The van der Waals surface area contributed by atoms with Crippen molar-refractivity contribution in [1.29, 1.82) is 0 Å². The maximum absolute atomic E-state index is 11.5. The summed E-state index contributed by atoms with van der Waals surface area (Å²) >= 11 is 0. The van der Waals surface area contributed by atoms with Crippen LogP contribution in [-0.2, 0) is 23.8 Å². The van der Waals surface area contributed by atoms with Crippen molar-refractivity contribution in [3.05, 3.63) is 0 Å². The summed E-state index contributed by atoms with van der Waals surface area (Å²) in [6.07, 6.45) is 0.237. The molecule has 2 atom stereocenters. The molecule has 0 spiro atoms. The molecule has 0 aromatic rings. The van der Waals surface area contributed by atoms with E-state index in [-0.39, 0.29) is 0 Å². The Bertz CT molecular complexity index is 305. The maximum Gasteiger partial charge on any atom is 0.369 e. The maximum atomic E-state index is 11.5. The molecule has 0 fully saturated rings. The summed E-state index contributed by atoms with van der Waals surface area (Å²) in [5.74, 6) is -3.16. The zero-order valence-electron chi connectivity index (χ0n) is 10.1. The van der Waals surface area contributed by atoms with Crippen molar-refractivity contribution in [2.45, 2.75) is 24.7 Å². The van der Waals surface area contributed by atoms with Crippen LogP contribution in [-0.4, -0.2) is 56.6 Å². The number of hydrogen-bond acceptors (Lipinski definition) is 7. The molecule has 7 nitrogen and oxygen atoms in total. The lowest BCUT2D eigenvalue weighted by Crippen LogP contribution is -2.56. The zero-order valence-corrected chi connectivity index (χ0v) is 10.1. The van der Waals surface area contributed by atoms with E-state index in [1.54, 1.807) is 0 Å². The molecule has 1 N–H and O–H groups in total. The first-order valence-corrected chi connectivity index (χ1v) is 5.17. The number of esters is 1. The lowest BCUT2D eigenvalue weighted by Gasteiger charge is -2.32. The van der Waals surface area contributed by atoms with Crippen LogP contribution < -0.4 is 0 Å². The van der Waals surface area contributed by atoms with Crippen molar-refractivity contribution in [2.24, 2.45) is 5.16 Å². The predicted octanol–water partition coefficient (Wildman–Crippen LogP) is -0.324. The summed E-state index contributed by atoms with van der Waals surface area (Å²) in [4.78, 5) is 16.4. The average molecular weight is 247 g/mol. The van der Waals surface area contributed by atoms with E-state index >= 15 is 0 Å². The molecule has 1 aliphatic rings. The SMILES string of the molecule is COC(=O)C(O)(OC)C(OC)C1=NOCCC1. The number of methoxy groups -OCH3 is 3. The molecule has 0 aromatic carbocycles. The van der Waals surface area contributed by atoms with E-state index in [0.29, 0.717) is 18.7 Å². The Hall–Kier alpha value is -1.18. The molecule has 0 aromatic heterocycles. The lowest BCUT2D eigenvalue weighted by atomic mass is 10.0. The molecule has 1 heterocycles. The quantitative estimate of drug-likeness (QED) is 0.529. The third-order valence-corrected chi connectivity index (χ3v) is 2.53. The highest BCUT2D eigenvalue weighted by atomic mass is 16.7. The highest BCUT2D eigenvalue weighted by Gasteiger charge is 2.49. The van der Waals surface area contributed by atoms with Crippen molar-refractivity contribution >= 4 is 11.7 Å². The molecule has 1 rings (SSSR count). The van der Waals surface area contributed by atoms with Crippen LogP contribution >= 0.6 is 0 Å². The van der Waals surface area contributed by atoms with Gasteiger partial charge in [0.25, 0.3) is 5.79 Å². The molecule has 0 bridgehead atoms. The third kappa shape index (κ3) is 2.74. The van der Waals surface area contributed by atoms with Crippen molar-refractivity contribution in [1.82, 2.24) is 0 Å². The van der Waals surface area contributed by atoms with Gasteiger partial charge in [-0.15, -0.1) is 0 Å². The smallest absolute Gasteiger partial charge is 0.369 e. The van der Waals surface area contributed by atoms with Crippen molar-refractivity contribution in [3.63, 3.8) is 0 Å². The number of aliphatic hydroxyl groups is 1. The molecule has 17 heavy (non-hydrogen) atoms. The van der Waals surface area contributed by atoms with E-state index in [9.17, 15) is 9.90 Å². The van der Waals surface area contributed by atoms with Crippen LogP contribution in [0, 0.1) is 0 Å². The second-order valence-electron chi connectivity index (χ2n) is 3.53. The highest BCUT2D eigenvalue weighted by molar-refractivity contribution is 5.95. The molecular weight excluding hydrogens is 230 g/mol. The number of carbonyl (C=O) groups is 1. The Kier molecular flexibility index (Phi) is 4.86. The van der Waals surface area contributed by atoms with E-state index in [2.05, 4.69) is 9.89 Å². The topological polar surface area (TPSA) is 86.6 Å². The van der Waals surface area contributed by atoms with Crippen LogP contribution in [0.15, 0.2) is 5.16 Å². The van der Waals surface area contributed by atoms with E-state index in [1.165, 1.54) is 14.2 Å². The average Bonchev–Trinajstić information content (AvgIpc) is 2.39. The Morgan fingerprint density at radius 3 is 2.65 bits per heavy atom. The zero-order chi connectivity index (χ0) is 12.9. The van der Waals surface area contributed by atoms with Crippen LogP contribution in [0.5, 0.6) is 0 Å². The van der Waals surface area contributed by atoms with E-state index in [4.69, 9.17) is 14.3 Å². The standard InChI is InChI=1S/C10H17NO6/c1-14-8(7-5-4-6-17-11-7)10(13,16-3)9(12)15-2/h8,13H,4-6H2,1-3H3. The minimum Gasteiger partial charge on any atom is -0.465 e. The van der Waals surface area contributed by atoms with Crippen molar-refractivity contribution in [3.8, 4) is 0 Å². The minimum atomic E-state index is -2.22. The van der Waals surface area contributed by atoms with Gasteiger partial charge in [-0.3, -0.25) is 0 Å². The van der Waals surface area contributed by atoms with Crippen LogP contribution in [0.25, 0.3) is 0 Å². The fraction of sp³-hybridized carbons (Fsp3) is 0.800. The first kappa shape index (κ1) is 13.9. The van der Waals surface area contributed by atoms with Gasteiger partial charge in [0.15, 0.2) is 6.10 Å². The Balaban J connectivity index is 2.97. The lowest BCUT2D eigenvalue weighted by molar-refractivity contribution is -0.242. The predicted molar refractivity (Wildman–Crippen MR) is 57.4 cm³/mol. The van der Waals surface area contributed by atoms with E-state index in [0.717, 1.165) is 13.5 Å². The van der Waals surface area contributed by atoms with Gasteiger partial charge in [-0.25, -0.2) is 4.79 Å². The summed E-state index contributed by atoms with van der Waals surface area (Å²) in [7, 11) is 3.68. The fourth-order valence-electron chi connectivity index (χ4n) is 1.64. The number of nitrogens with zero attached hydrogens (tertiary/aromatic N) is 1. The second-order valence-corrected chi connectivity index (χ2v) is 3.53. The molecule has 2 unspecified atom stereocenters. The monoisotopic (exact) mass is 247 g/mol. The van der Waals surface area contributed by atoms with Crippen molar-refractivity contribution in [2.75, 3.05) is 27.9 Å². The molecule has 1 aliphatic heterocycles. The number of ether oxygens (including phenoxy) is 3. The van der Waals surface area contributed by atoms with Gasteiger partial charge in [-0.2, -0.15) is 0 Å². The summed E-state index contributed by atoms with van der Waals surface area (Å²) in [6.45, 7) is 0.504. The van der Waals surface area contributed by atoms with Gasteiger partial charge in [-0.1, -0.05) is 5.16 Å². The van der Waals surface area contributed by atoms with Gasteiger partial charge < -0.3 is 24.2 Å². The number of carbonyl (C=O) groups excluding carboxylic acids is 1. The Morgan fingerprint density at radius 1 is 1.53 bits per heavy atom. The van der Waals surface area contributed by atoms with E-state index in [1.807, 2.05) is 0 Å². The largest absolute Gasteiger partial charge is 0.465 e. The first-order valence-electron chi connectivity index (χ1n) is 5.17. The molecule has 7 heteroatoms. The first-order chi connectivity index (χ1) is 8.10. The van der Waals surface area contributed by atoms with Crippen LogP contribution in [0.4, 0.5) is 0 Å². The summed E-state index contributed by atoms with van der Waals surface area (Å²) in [5.41, 5.74) is 0.411. The third-order valence-electron chi connectivity index (χ3n) is 2.53. The summed E-state index contributed by atoms with van der Waals surface area (Å²) in [5, 5.41) is 13.9. The Morgan fingerprint density at radius 2 is 2.24 bits per heavy atom. The van der Waals surface area contributed by atoms with Gasteiger partial charge in [0.05, 0.1) is 12.8 Å². The normalized spacial score (nSPS) is 20.8. The van der Waals surface area contributed by atoms with Crippen LogP contribution in [0.1, 0.15) is 12.8 Å². The van der Waals surface area contributed by atoms with E-state index < -0.39 is 17.9 Å².